The van der Waals surface area contributed by atoms with E-state index in [1.54, 1.807) is 30.3 Å². The summed E-state index contributed by atoms with van der Waals surface area (Å²) in [6, 6.07) is 8.88. The highest BCUT2D eigenvalue weighted by Crippen LogP contribution is 2.30. The highest BCUT2D eigenvalue weighted by Gasteiger charge is 2.17. The first-order valence-corrected chi connectivity index (χ1v) is 6.52. The Morgan fingerprint density at radius 3 is 2.32 bits per heavy atom. The molecular weight excluding hydrogens is 310 g/mol. The van der Waals surface area contributed by atoms with Crippen molar-refractivity contribution in [2.24, 2.45) is 5.84 Å². The van der Waals surface area contributed by atoms with Crippen molar-refractivity contribution < 1.29 is 4.39 Å². The predicted molar refractivity (Wildman–Crippen MR) is 77.0 cm³/mol. The second-order valence-electron chi connectivity index (χ2n) is 3.94. The molecule has 2 aromatic rings. The number of benzene rings is 2. The van der Waals surface area contributed by atoms with Crippen LogP contribution in [0.2, 0.25) is 15.1 Å². The Bertz CT molecular complexity index is 604. The lowest BCUT2D eigenvalue weighted by Crippen LogP contribution is -2.29. The maximum Gasteiger partial charge on any atom is 0.129 e. The Hall–Kier alpha value is -0.840. The molecule has 0 saturated heterocycles. The third kappa shape index (κ3) is 3.19. The van der Waals surface area contributed by atoms with Gasteiger partial charge in [-0.15, -0.1) is 0 Å². The van der Waals surface area contributed by atoms with Gasteiger partial charge in [0.25, 0.3) is 0 Å². The Morgan fingerprint density at radius 1 is 1.00 bits per heavy atom. The van der Waals surface area contributed by atoms with E-state index in [4.69, 9.17) is 40.6 Å². The number of hydrogen-bond acceptors (Lipinski definition) is 2. The van der Waals surface area contributed by atoms with E-state index in [1.165, 1.54) is 6.07 Å². The molecule has 1 unspecified atom stereocenters. The summed E-state index contributed by atoms with van der Waals surface area (Å²) in [5.74, 6) is 5.06. The highest BCUT2D eigenvalue weighted by molar-refractivity contribution is 6.42. The second-order valence-corrected chi connectivity index (χ2v) is 5.19. The van der Waals surface area contributed by atoms with Crippen molar-refractivity contribution in [1.82, 2.24) is 5.43 Å². The number of hydrazine groups is 1. The van der Waals surface area contributed by atoms with Crippen LogP contribution in [0.1, 0.15) is 17.2 Å². The lowest BCUT2D eigenvalue weighted by molar-refractivity contribution is 0.560. The van der Waals surface area contributed by atoms with Gasteiger partial charge in [0.2, 0.25) is 0 Å². The summed E-state index contributed by atoms with van der Waals surface area (Å²) in [4.78, 5) is 0. The first kappa shape index (κ1) is 14.6. The fourth-order valence-electron chi connectivity index (χ4n) is 1.79. The summed E-state index contributed by atoms with van der Waals surface area (Å²) in [5.41, 5.74) is 3.64. The van der Waals surface area contributed by atoms with Crippen molar-refractivity contribution in [3.63, 3.8) is 0 Å². The van der Waals surface area contributed by atoms with E-state index in [9.17, 15) is 4.39 Å². The van der Waals surface area contributed by atoms with Gasteiger partial charge in [-0.2, -0.15) is 0 Å². The molecule has 19 heavy (non-hydrogen) atoms. The van der Waals surface area contributed by atoms with E-state index in [2.05, 4.69) is 5.43 Å². The van der Waals surface area contributed by atoms with Crippen LogP contribution in [0.3, 0.4) is 0 Å². The number of halogens is 4. The predicted octanol–water partition coefficient (Wildman–Crippen LogP) is 4.34. The zero-order valence-electron chi connectivity index (χ0n) is 9.63. The molecule has 0 fully saturated rings. The Labute approximate surface area is 125 Å². The number of nitrogens with two attached hydrogens (primary N) is 1. The monoisotopic (exact) mass is 318 g/mol. The number of nitrogens with one attached hydrogen (secondary N) is 1. The van der Waals surface area contributed by atoms with Crippen LogP contribution in [-0.4, -0.2) is 0 Å². The molecule has 100 valence electrons. The largest absolute Gasteiger partial charge is 0.271 e. The average Bonchev–Trinajstić information content (AvgIpc) is 2.37. The van der Waals surface area contributed by atoms with E-state index >= 15 is 0 Å². The van der Waals surface area contributed by atoms with Gasteiger partial charge in [-0.3, -0.25) is 5.84 Å². The first-order chi connectivity index (χ1) is 9.02. The topological polar surface area (TPSA) is 38.0 Å². The van der Waals surface area contributed by atoms with Crippen molar-refractivity contribution in [2.45, 2.75) is 6.04 Å². The van der Waals surface area contributed by atoms with Gasteiger partial charge in [0.05, 0.1) is 16.1 Å². The number of hydrogen-bond donors (Lipinski definition) is 2. The quantitative estimate of drug-likeness (QED) is 0.652. The summed E-state index contributed by atoms with van der Waals surface area (Å²) >= 11 is 17.5. The van der Waals surface area contributed by atoms with Gasteiger partial charge < -0.3 is 0 Å². The molecule has 0 aliphatic rings. The van der Waals surface area contributed by atoms with Gasteiger partial charge in [-0.25, -0.2) is 9.82 Å². The van der Waals surface area contributed by atoms with E-state index < -0.39 is 11.9 Å². The van der Waals surface area contributed by atoms with Gasteiger partial charge in [0.1, 0.15) is 5.82 Å². The van der Waals surface area contributed by atoms with Gasteiger partial charge in [-0.1, -0.05) is 46.9 Å². The Kier molecular flexibility index (Phi) is 4.66. The first-order valence-electron chi connectivity index (χ1n) is 5.39. The van der Waals surface area contributed by atoms with Crippen molar-refractivity contribution in [2.75, 3.05) is 0 Å². The van der Waals surface area contributed by atoms with E-state index in [1.807, 2.05) is 0 Å². The molecule has 0 aliphatic carbocycles. The SMILES string of the molecule is NNC(c1ccc(Cl)c(Cl)c1)c1ccc(Cl)cc1F. The summed E-state index contributed by atoms with van der Waals surface area (Å²) in [5, 5.41) is 1.14. The van der Waals surface area contributed by atoms with Crippen LogP contribution in [0.5, 0.6) is 0 Å². The molecule has 0 aromatic heterocycles. The minimum Gasteiger partial charge on any atom is -0.271 e. The van der Waals surface area contributed by atoms with Crippen LogP contribution in [-0.2, 0) is 0 Å². The lowest BCUT2D eigenvalue weighted by atomic mass is 9.99. The number of rotatable bonds is 3. The third-order valence-corrected chi connectivity index (χ3v) is 3.69. The molecular formula is C13H10Cl3FN2. The molecule has 0 saturated carbocycles. The van der Waals surface area contributed by atoms with E-state index in [0.29, 0.717) is 26.2 Å². The molecule has 0 radical (unpaired) electrons. The Morgan fingerprint density at radius 2 is 1.74 bits per heavy atom. The summed E-state index contributed by atoms with van der Waals surface area (Å²) < 4.78 is 13.9. The fraction of sp³-hybridized carbons (Fsp3) is 0.0769. The molecule has 0 heterocycles. The zero-order valence-corrected chi connectivity index (χ0v) is 11.9. The van der Waals surface area contributed by atoms with Gasteiger partial charge in [0.15, 0.2) is 0 Å². The molecule has 2 rings (SSSR count). The molecule has 0 spiro atoms. The van der Waals surface area contributed by atoms with Crippen LogP contribution >= 0.6 is 34.8 Å². The van der Waals surface area contributed by atoms with Crippen molar-refractivity contribution >= 4 is 34.8 Å². The van der Waals surface area contributed by atoms with Crippen molar-refractivity contribution in [3.05, 3.63) is 68.4 Å². The standard InChI is InChI=1S/C13H10Cl3FN2/c14-8-2-3-9(12(17)6-8)13(19-18)7-1-4-10(15)11(16)5-7/h1-6,13,19H,18H2. The minimum absolute atomic E-state index is 0.325. The summed E-state index contributed by atoms with van der Waals surface area (Å²) in [6.45, 7) is 0. The summed E-state index contributed by atoms with van der Waals surface area (Å²) in [7, 11) is 0. The lowest BCUT2D eigenvalue weighted by Gasteiger charge is -2.18. The van der Waals surface area contributed by atoms with Gasteiger partial charge in [0, 0.05) is 10.6 Å². The van der Waals surface area contributed by atoms with E-state index in [-0.39, 0.29) is 0 Å². The maximum absolute atomic E-state index is 13.9. The molecule has 2 nitrogen and oxygen atoms in total. The van der Waals surface area contributed by atoms with Gasteiger partial charge in [-0.05, 0) is 29.8 Å². The summed E-state index contributed by atoms with van der Waals surface area (Å²) in [6.07, 6.45) is 0. The molecule has 0 bridgehead atoms. The van der Waals surface area contributed by atoms with Crippen molar-refractivity contribution in [1.29, 1.82) is 0 Å². The molecule has 0 aliphatic heterocycles. The van der Waals surface area contributed by atoms with Gasteiger partial charge >= 0.3 is 0 Å². The molecule has 2 aromatic carbocycles. The average molecular weight is 320 g/mol. The maximum atomic E-state index is 13.9. The van der Waals surface area contributed by atoms with Crippen LogP contribution in [0.15, 0.2) is 36.4 Å². The Balaban J connectivity index is 2.46. The molecule has 6 heteroatoms. The van der Waals surface area contributed by atoms with Crippen LogP contribution < -0.4 is 11.3 Å². The molecule has 1 atom stereocenters. The second kappa shape index (κ2) is 6.07. The molecule has 3 N–H and O–H groups in total. The molecule has 0 amide bonds. The van der Waals surface area contributed by atoms with Crippen molar-refractivity contribution in [3.8, 4) is 0 Å². The minimum atomic E-state index is -0.535. The van der Waals surface area contributed by atoms with Crippen LogP contribution in [0.25, 0.3) is 0 Å². The van der Waals surface area contributed by atoms with E-state index in [0.717, 1.165) is 0 Å². The van der Waals surface area contributed by atoms with Crippen LogP contribution in [0, 0.1) is 5.82 Å². The zero-order chi connectivity index (χ0) is 14.0. The smallest absolute Gasteiger partial charge is 0.129 e. The fourth-order valence-corrected chi connectivity index (χ4v) is 2.26. The highest BCUT2D eigenvalue weighted by atomic mass is 35.5. The normalized spacial score (nSPS) is 12.5. The van der Waals surface area contributed by atoms with Crippen LogP contribution in [0.4, 0.5) is 4.39 Å². The third-order valence-electron chi connectivity index (χ3n) is 2.72.